The van der Waals surface area contributed by atoms with Crippen molar-refractivity contribution in [2.45, 2.75) is 56.8 Å². The van der Waals surface area contributed by atoms with Gasteiger partial charge >= 0.3 is 0 Å². The average Bonchev–Trinajstić information content (AvgIpc) is 3.25. The molecular formula is C19H26N2O4. The molecule has 0 aliphatic carbocycles. The Hall–Kier alpha value is -2.08. The van der Waals surface area contributed by atoms with Crippen molar-refractivity contribution in [3.05, 3.63) is 30.2 Å². The van der Waals surface area contributed by atoms with Crippen LogP contribution in [0.1, 0.15) is 45.3 Å². The highest BCUT2D eigenvalue weighted by Gasteiger charge is 2.58. The minimum Gasteiger partial charge on any atom is -0.465 e. The first-order valence-electron chi connectivity index (χ1n) is 8.78. The molecule has 0 radical (unpaired) electrons. The smallest absolute Gasteiger partial charge is 0.247 e. The van der Waals surface area contributed by atoms with Gasteiger partial charge in [-0.2, -0.15) is 0 Å². The molecule has 2 atom stereocenters. The van der Waals surface area contributed by atoms with Crippen LogP contribution in [-0.2, 0) is 14.3 Å². The van der Waals surface area contributed by atoms with Gasteiger partial charge in [-0.15, -0.1) is 0 Å². The molecule has 1 aromatic heterocycles. The molecule has 0 saturated carbocycles. The molecule has 2 fully saturated rings. The van der Waals surface area contributed by atoms with Crippen LogP contribution in [0.2, 0.25) is 0 Å². The average molecular weight is 346 g/mol. The lowest BCUT2D eigenvalue weighted by atomic mass is 9.82. The molecule has 2 saturated heterocycles. The molecule has 6 nitrogen and oxygen atoms in total. The zero-order valence-electron chi connectivity index (χ0n) is 15.1. The fraction of sp³-hybridized carbons (Fsp3) is 0.579. The molecule has 6 heteroatoms. The van der Waals surface area contributed by atoms with Crippen LogP contribution in [0.5, 0.6) is 0 Å². The second kappa shape index (κ2) is 6.67. The summed E-state index contributed by atoms with van der Waals surface area (Å²) >= 11 is 0. The Morgan fingerprint density at radius 2 is 2.24 bits per heavy atom. The van der Waals surface area contributed by atoms with Crippen LogP contribution in [0.25, 0.3) is 6.08 Å². The lowest BCUT2D eigenvalue weighted by Gasteiger charge is -2.38. The summed E-state index contributed by atoms with van der Waals surface area (Å²) in [6.07, 6.45) is 7.31. The van der Waals surface area contributed by atoms with E-state index in [2.05, 4.69) is 5.32 Å². The van der Waals surface area contributed by atoms with E-state index >= 15 is 0 Å². The maximum absolute atomic E-state index is 12.9. The number of hydrogen-bond donors (Lipinski definition) is 1. The fourth-order valence-electron chi connectivity index (χ4n) is 4.27. The van der Waals surface area contributed by atoms with E-state index in [1.807, 2.05) is 18.7 Å². The van der Waals surface area contributed by atoms with Crippen molar-refractivity contribution in [3.63, 3.8) is 0 Å². The Kier molecular flexibility index (Phi) is 4.73. The first kappa shape index (κ1) is 17.7. The summed E-state index contributed by atoms with van der Waals surface area (Å²) in [6, 6.07) is 3.59. The Balaban J connectivity index is 1.83. The van der Waals surface area contributed by atoms with Gasteiger partial charge in [-0.1, -0.05) is 0 Å². The molecule has 3 heterocycles. The number of hydrogen-bond acceptors (Lipinski definition) is 4. The molecule has 3 rings (SSSR count). The van der Waals surface area contributed by atoms with Gasteiger partial charge in [0.05, 0.1) is 29.9 Å². The number of furan rings is 1. The minimum absolute atomic E-state index is 0.0582. The van der Waals surface area contributed by atoms with Crippen molar-refractivity contribution in [1.82, 2.24) is 10.2 Å². The van der Waals surface area contributed by atoms with Gasteiger partial charge in [-0.05, 0) is 44.9 Å². The molecule has 25 heavy (non-hydrogen) atoms. The van der Waals surface area contributed by atoms with Gasteiger partial charge < -0.3 is 19.4 Å². The molecule has 136 valence electrons. The van der Waals surface area contributed by atoms with Crippen molar-refractivity contribution in [1.29, 1.82) is 0 Å². The molecule has 2 aliphatic heterocycles. The summed E-state index contributed by atoms with van der Waals surface area (Å²) in [6.45, 7) is 4.74. The van der Waals surface area contributed by atoms with Crippen LogP contribution in [0.4, 0.5) is 0 Å². The van der Waals surface area contributed by atoms with Gasteiger partial charge in [0.15, 0.2) is 0 Å². The number of likely N-dealkylation sites (tertiary alicyclic amines) is 1. The summed E-state index contributed by atoms with van der Waals surface area (Å²) in [5.74, 6) is 0.524. The third-order valence-corrected chi connectivity index (χ3v) is 5.17. The number of nitrogens with zero attached hydrogens (tertiary/aromatic N) is 1. The second-order valence-corrected chi connectivity index (χ2v) is 7.47. The standard InChI is InChI=1S/C19H26N2O4/c1-18(2)13-19(15(25-18)12-16(22)20-3)9-5-10-21(19)17(23)8-7-14-6-4-11-24-14/h4,6-8,11,15H,5,9-10,12-13H2,1-3H3,(H,20,22)/t15-,19+/m0/s1. The lowest BCUT2D eigenvalue weighted by molar-refractivity contribution is -0.136. The minimum atomic E-state index is -0.416. The monoisotopic (exact) mass is 346 g/mol. The van der Waals surface area contributed by atoms with Crippen LogP contribution < -0.4 is 5.32 Å². The van der Waals surface area contributed by atoms with E-state index in [9.17, 15) is 9.59 Å². The first-order chi connectivity index (χ1) is 11.9. The highest BCUT2D eigenvalue weighted by Crippen LogP contribution is 2.48. The number of ether oxygens (including phenoxy) is 1. The summed E-state index contributed by atoms with van der Waals surface area (Å²) in [7, 11) is 1.62. The summed E-state index contributed by atoms with van der Waals surface area (Å²) in [4.78, 5) is 26.7. The zero-order valence-corrected chi connectivity index (χ0v) is 15.1. The Labute approximate surface area is 148 Å². The molecular weight excluding hydrogens is 320 g/mol. The van der Waals surface area contributed by atoms with Crippen molar-refractivity contribution in [3.8, 4) is 0 Å². The van der Waals surface area contributed by atoms with E-state index in [4.69, 9.17) is 9.15 Å². The van der Waals surface area contributed by atoms with Crippen molar-refractivity contribution < 1.29 is 18.7 Å². The van der Waals surface area contributed by atoms with E-state index in [0.29, 0.717) is 12.3 Å². The predicted molar refractivity (Wildman–Crippen MR) is 93.7 cm³/mol. The quantitative estimate of drug-likeness (QED) is 0.850. The van der Waals surface area contributed by atoms with E-state index in [1.54, 1.807) is 37.6 Å². The second-order valence-electron chi connectivity index (χ2n) is 7.47. The van der Waals surface area contributed by atoms with Crippen molar-refractivity contribution in [2.75, 3.05) is 13.6 Å². The summed E-state index contributed by atoms with van der Waals surface area (Å²) in [5, 5.41) is 2.66. The third kappa shape index (κ3) is 3.49. The third-order valence-electron chi connectivity index (χ3n) is 5.17. The fourth-order valence-corrected chi connectivity index (χ4v) is 4.27. The highest BCUT2D eigenvalue weighted by molar-refractivity contribution is 5.92. The van der Waals surface area contributed by atoms with E-state index < -0.39 is 5.54 Å². The lowest BCUT2D eigenvalue weighted by Crippen LogP contribution is -2.53. The molecule has 0 aromatic carbocycles. The topological polar surface area (TPSA) is 71.8 Å². The molecule has 1 spiro atoms. The maximum atomic E-state index is 12.9. The van der Waals surface area contributed by atoms with Crippen LogP contribution in [0.15, 0.2) is 28.9 Å². The molecule has 0 bridgehead atoms. The Morgan fingerprint density at radius 3 is 2.92 bits per heavy atom. The molecule has 1 N–H and O–H groups in total. The van der Waals surface area contributed by atoms with Gasteiger partial charge in [0.25, 0.3) is 0 Å². The largest absolute Gasteiger partial charge is 0.465 e. The van der Waals surface area contributed by atoms with E-state index in [1.165, 1.54) is 0 Å². The van der Waals surface area contributed by atoms with Crippen LogP contribution in [0, 0.1) is 0 Å². The Morgan fingerprint density at radius 1 is 1.44 bits per heavy atom. The molecule has 2 amide bonds. The number of rotatable bonds is 4. The summed E-state index contributed by atoms with van der Waals surface area (Å²) < 4.78 is 11.4. The predicted octanol–water partition coefficient (Wildman–Crippen LogP) is 2.36. The van der Waals surface area contributed by atoms with E-state index in [0.717, 1.165) is 19.3 Å². The Bertz CT molecular complexity index is 665. The number of carbonyl (C=O) groups excluding carboxylic acids is 2. The summed E-state index contributed by atoms with van der Waals surface area (Å²) in [5.41, 5.74) is -0.771. The number of amides is 2. The van der Waals surface area contributed by atoms with Gasteiger partial charge in [0.1, 0.15) is 5.76 Å². The van der Waals surface area contributed by atoms with Crippen molar-refractivity contribution >= 4 is 17.9 Å². The van der Waals surface area contributed by atoms with Gasteiger partial charge in [-0.3, -0.25) is 9.59 Å². The molecule has 1 aromatic rings. The zero-order chi connectivity index (χ0) is 18.1. The van der Waals surface area contributed by atoms with Crippen LogP contribution in [0.3, 0.4) is 0 Å². The van der Waals surface area contributed by atoms with Gasteiger partial charge in [0.2, 0.25) is 11.8 Å². The maximum Gasteiger partial charge on any atom is 0.247 e. The van der Waals surface area contributed by atoms with Crippen LogP contribution >= 0.6 is 0 Å². The molecule has 2 aliphatic rings. The van der Waals surface area contributed by atoms with Gasteiger partial charge in [-0.25, -0.2) is 0 Å². The highest BCUT2D eigenvalue weighted by atomic mass is 16.5. The number of carbonyl (C=O) groups is 2. The SMILES string of the molecule is CNC(=O)C[C@@H]1OC(C)(C)C[C@]12CCCN2C(=O)C=Cc1ccco1. The normalized spacial score (nSPS) is 28.1. The van der Waals surface area contributed by atoms with Crippen molar-refractivity contribution in [2.24, 2.45) is 0 Å². The van der Waals surface area contributed by atoms with Crippen LogP contribution in [-0.4, -0.2) is 47.6 Å². The van der Waals surface area contributed by atoms with E-state index in [-0.39, 0.29) is 29.9 Å². The number of nitrogens with one attached hydrogen (secondary N) is 1. The first-order valence-corrected chi connectivity index (χ1v) is 8.78. The molecule has 0 unspecified atom stereocenters. The van der Waals surface area contributed by atoms with Gasteiger partial charge in [0, 0.05) is 26.1 Å².